The van der Waals surface area contributed by atoms with Gasteiger partial charge in [-0.1, -0.05) is 12.5 Å². The number of anilines is 1. The van der Waals surface area contributed by atoms with Crippen molar-refractivity contribution in [3.8, 4) is 5.75 Å². The number of piperidine rings is 1. The molecule has 1 aliphatic heterocycles. The van der Waals surface area contributed by atoms with Crippen LogP contribution < -0.4 is 10.1 Å². The van der Waals surface area contributed by atoms with Crippen molar-refractivity contribution in [2.45, 2.75) is 37.2 Å². The molecular formula is C20H23FN2O4S. The van der Waals surface area contributed by atoms with Crippen LogP contribution in [0.3, 0.4) is 0 Å². The highest BCUT2D eigenvalue weighted by molar-refractivity contribution is 7.89. The van der Waals surface area contributed by atoms with Gasteiger partial charge in [0.25, 0.3) is 5.91 Å². The van der Waals surface area contributed by atoms with Crippen molar-refractivity contribution >= 4 is 21.6 Å². The van der Waals surface area contributed by atoms with Gasteiger partial charge in [0.1, 0.15) is 11.6 Å². The van der Waals surface area contributed by atoms with E-state index in [9.17, 15) is 17.6 Å². The van der Waals surface area contributed by atoms with Crippen molar-refractivity contribution in [3.05, 3.63) is 54.3 Å². The molecule has 8 heteroatoms. The van der Waals surface area contributed by atoms with Crippen molar-refractivity contribution in [2.75, 3.05) is 18.4 Å². The summed E-state index contributed by atoms with van der Waals surface area (Å²) in [4.78, 5) is 12.5. The van der Waals surface area contributed by atoms with Crippen LogP contribution in [-0.4, -0.2) is 37.8 Å². The number of sulfonamides is 1. The Bertz CT molecular complexity index is 925. The monoisotopic (exact) mass is 406 g/mol. The summed E-state index contributed by atoms with van der Waals surface area (Å²) in [6, 6.07) is 11.6. The highest BCUT2D eigenvalue weighted by atomic mass is 32.2. The van der Waals surface area contributed by atoms with Gasteiger partial charge in [0.05, 0.1) is 4.90 Å². The van der Waals surface area contributed by atoms with E-state index in [1.54, 1.807) is 19.1 Å². The molecule has 0 aromatic heterocycles. The summed E-state index contributed by atoms with van der Waals surface area (Å²) in [5.74, 6) is -0.460. The minimum Gasteiger partial charge on any atom is -0.481 e. The zero-order chi connectivity index (χ0) is 20.1. The summed E-state index contributed by atoms with van der Waals surface area (Å²) in [5, 5.41) is 2.67. The van der Waals surface area contributed by atoms with E-state index in [1.165, 1.54) is 40.7 Å². The number of amides is 1. The fourth-order valence-corrected chi connectivity index (χ4v) is 4.57. The highest BCUT2D eigenvalue weighted by Gasteiger charge is 2.26. The maximum atomic E-state index is 13.0. The van der Waals surface area contributed by atoms with Gasteiger partial charge in [-0.2, -0.15) is 4.31 Å². The lowest BCUT2D eigenvalue weighted by molar-refractivity contribution is -0.122. The molecular weight excluding hydrogens is 383 g/mol. The minimum atomic E-state index is -3.58. The van der Waals surface area contributed by atoms with Crippen molar-refractivity contribution in [1.29, 1.82) is 0 Å². The fourth-order valence-electron chi connectivity index (χ4n) is 3.00. The second-order valence-electron chi connectivity index (χ2n) is 6.70. The molecule has 0 aliphatic carbocycles. The molecule has 1 N–H and O–H groups in total. The predicted molar refractivity (Wildman–Crippen MR) is 104 cm³/mol. The molecule has 0 spiro atoms. The number of nitrogens with zero attached hydrogens (tertiary/aromatic N) is 1. The van der Waals surface area contributed by atoms with E-state index in [4.69, 9.17) is 4.74 Å². The first kappa shape index (κ1) is 20.3. The quantitative estimate of drug-likeness (QED) is 0.798. The van der Waals surface area contributed by atoms with Gasteiger partial charge in [-0.15, -0.1) is 0 Å². The normalized spacial score (nSPS) is 16.4. The van der Waals surface area contributed by atoms with Gasteiger partial charge in [0.2, 0.25) is 10.0 Å². The molecule has 3 rings (SSSR count). The third-order valence-corrected chi connectivity index (χ3v) is 6.44. The maximum Gasteiger partial charge on any atom is 0.265 e. The molecule has 1 atom stereocenters. The molecule has 2 aromatic rings. The van der Waals surface area contributed by atoms with Gasteiger partial charge in [0.15, 0.2) is 6.10 Å². The molecule has 1 saturated heterocycles. The zero-order valence-electron chi connectivity index (χ0n) is 15.6. The lowest BCUT2D eigenvalue weighted by atomic mass is 10.2. The molecule has 150 valence electrons. The Balaban J connectivity index is 1.68. The van der Waals surface area contributed by atoms with Crippen molar-refractivity contribution < 1.29 is 22.3 Å². The van der Waals surface area contributed by atoms with Gasteiger partial charge in [-0.3, -0.25) is 4.79 Å². The van der Waals surface area contributed by atoms with E-state index in [1.807, 2.05) is 0 Å². The zero-order valence-corrected chi connectivity index (χ0v) is 16.4. The topological polar surface area (TPSA) is 75.7 Å². The molecule has 0 unspecified atom stereocenters. The van der Waals surface area contributed by atoms with Gasteiger partial charge in [-0.25, -0.2) is 12.8 Å². The number of benzene rings is 2. The molecule has 28 heavy (non-hydrogen) atoms. The molecule has 6 nitrogen and oxygen atoms in total. The minimum absolute atomic E-state index is 0.152. The third kappa shape index (κ3) is 4.88. The number of nitrogens with one attached hydrogen (secondary N) is 1. The lowest BCUT2D eigenvalue weighted by Crippen LogP contribution is -2.35. The smallest absolute Gasteiger partial charge is 0.265 e. The third-order valence-electron chi connectivity index (χ3n) is 4.55. The summed E-state index contributed by atoms with van der Waals surface area (Å²) in [5.41, 5.74) is 0.373. The average molecular weight is 406 g/mol. The molecule has 1 heterocycles. The maximum absolute atomic E-state index is 13.0. The van der Waals surface area contributed by atoms with E-state index in [0.29, 0.717) is 24.5 Å². The Morgan fingerprint density at radius 3 is 2.46 bits per heavy atom. The number of ether oxygens (including phenoxy) is 1. The predicted octanol–water partition coefficient (Wildman–Crippen LogP) is 3.41. The van der Waals surface area contributed by atoms with E-state index < -0.39 is 27.9 Å². The van der Waals surface area contributed by atoms with Crippen molar-refractivity contribution in [1.82, 2.24) is 4.31 Å². The Kier molecular flexibility index (Phi) is 6.31. The van der Waals surface area contributed by atoms with Crippen LogP contribution in [-0.2, 0) is 14.8 Å². The van der Waals surface area contributed by atoms with Crippen LogP contribution in [0.1, 0.15) is 26.2 Å². The Hall–Kier alpha value is -2.45. The largest absolute Gasteiger partial charge is 0.481 e. The summed E-state index contributed by atoms with van der Waals surface area (Å²) in [6.45, 7) is 2.59. The second-order valence-corrected chi connectivity index (χ2v) is 8.63. The Morgan fingerprint density at radius 2 is 1.79 bits per heavy atom. The first-order valence-electron chi connectivity index (χ1n) is 9.19. The number of hydrogen-bond donors (Lipinski definition) is 1. The van der Waals surface area contributed by atoms with Crippen LogP contribution in [0.4, 0.5) is 10.1 Å². The van der Waals surface area contributed by atoms with Gasteiger partial charge in [-0.05, 0) is 62.2 Å². The van der Waals surface area contributed by atoms with Crippen molar-refractivity contribution in [2.24, 2.45) is 0 Å². The molecule has 0 bridgehead atoms. The molecule has 1 aliphatic rings. The second kappa shape index (κ2) is 8.70. The number of hydrogen-bond acceptors (Lipinski definition) is 4. The van der Waals surface area contributed by atoms with Gasteiger partial charge in [0, 0.05) is 18.8 Å². The molecule has 2 aromatic carbocycles. The SMILES string of the molecule is C[C@H](Oc1ccc(F)cc1)C(=O)Nc1cccc(S(=O)(=O)N2CCCCC2)c1. The Morgan fingerprint density at radius 1 is 1.11 bits per heavy atom. The number of rotatable bonds is 6. The molecule has 1 fully saturated rings. The van der Waals surface area contributed by atoms with Gasteiger partial charge < -0.3 is 10.1 Å². The number of halogens is 1. The van der Waals surface area contributed by atoms with Crippen LogP contribution >= 0.6 is 0 Å². The highest BCUT2D eigenvalue weighted by Crippen LogP contribution is 2.23. The van der Waals surface area contributed by atoms with E-state index in [-0.39, 0.29) is 4.90 Å². The summed E-state index contributed by atoms with van der Waals surface area (Å²) < 4.78 is 45.5. The lowest BCUT2D eigenvalue weighted by Gasteiger charge is -2.26. The van der Waals surface area contributed by atoms with Gasteiger partial charge >= 0.3 is 0 Å². The van der Waals surface area contributed by atoms with Crippen LogP contribution in [0.2, 0.25) is 0 Å². The van der Waals surface area contributed by atoms with Crippen LogP contribution in [0.5, 0.6) is 5.75 Å². The molecule has 0 saturated carbocycles. The summed E-state index contributed by atoms with van der Waals surface area (Å²) in [6.07, 6.45) is 1.91. The van der Waals surface area contributed by atoms with Crippen LogP contribution in [0.15, 0.2) is 53.4 Å². The Labute approximate surface area is 164 Å². The molecule has 1 amide bonds. The van der Waals surface area contributed by atoms with Crippen molar-refractivity contribution in [3.63, 3.8) is 0 Å². The summed E-state index contributed by atoms with van der Waals surface area (Å²) >= 11 is 0. The number of carbonyl (C=O) groups is 1. The first-order chi connectivity index (χ1) is 13.4. The van der Waals surface area contributed by atoms with Crippen LogP contribution in [0, 0.1) is 5.82 Å². The van der Waals surface area contributed by atoms with E-state index in [0.717, 1.165) is 19.3 Å². The standard InChI is InChI=1S/C20H23FN2O4S/c1-15(27-18-10-8-16(21)9-11-18)20(24)22-17-6-5-7-19(14-17)28(25,26)23-12-3-2-4-13-23/h5-11,14-15H,2-4,12-13H2,1H3,(H,22,24)/t15-/m0/s1. The number of carbonyl (C=O) groups excluding carboxylic acids is 1. The first-order valence-corrected chi connectivity index (χ1v) is 10.6. The average Bonchev–Trinajstić information content (AvgIpc) is 2.70. The fraction of sp³-hybridized carbons (Fsp3) is 0.350. The molecule has 0 radical (unpaired) electrons. The van der Waals surface area contributed by atoms with E-state index in [2.05, 4.69) is 5.32 Å². The van der Waals surface area contributed by atoms with E-state index >= 15 is 0 Å². The summed E-state index contributed by atoms with van der Waals surface area (Å²) in [7, 11) is -3.58. The van der Waals surface area contributed by atoms with Crippen LogP contribution in [0.25, 0.3) is 0 Å².